The van der Waals surface area contributed by atoms with Gasteiger partial charge in [-0.05, 0) is 54.3 Å². The van der Waals surface area contributed by atoms with Crippen molar-refractivity contribution in [2.45, 2.75) is 33.4 Å². The van der Waals surface area contributed by atoms with Gasteiger partial charge >= 0.3 is 0 Å². The Hall–Kier alpha value is -3.53. The fourth-order valence-corrected chi connectivity index (χ4v) is 3.55. The number of hydrogen-bond donors (Lipinski definition) is 1. The van der Waals surface area contributed by atoms with E-state index in [2.05, 4.69) is 37.5 Å². The van der Waals surface area contributed by atoms with Crippen LogP contribution in [0.15, 0.2) is 36.5 Å². The molecule has 0 bridgehead atoms. The molecular weight excluding hydrogens is 367 g/mol. The number of halogens is 1. The molecule has 0 amide bonds. The Kier molecular flexibility index (Phi) is 5.09. The highest BCUT2D eigenvalue weighted by Crippen LogP contribution is 2.27. The number of aromatic nitrogens is 3. The van der Waals surface area contributed by atoms with Crippen molar-refractivity contribution < 1.29 is 4.39 Å². The summed E-state index contributed by atoms with van der Waals surface area (Å²) in [4.78, 5) is 6.78. The van der Waals surface area contributed by atoms with Gasteiger partial charge in [-0.1, -0.05) is 12.1 Å². The maximum atomic E-state index is 13.4. The highest BCUT2D eigenvalue weighted by Gasteiger charge is 2.22. The normalized spacial score (nSPS) is 13.0. The molecule has 3 heterocycles. The summed E-state index contributed by atoms with van der Waals surface area (Å²) in [5, 5.41) is 20.8. The Morgan fingerprint density at radius 2 is 2.07 bits per heavy atom. The van der Waals surface area contributed by atoms with Gasteiger partial charge < -0.3 is 10.2 Å². The van der Waals surface area contributed by atoms with E-state index in [-0.39, 0.29) is 5.82 Å². The molecule has 2 aromatic heterocycles. The van der Waals surface area contributed by atoms with E-state index in [0.717, 1.165) is 52.4 Å². The first kappa shape index (κ1) is 18.8. The highest BCUT2D eigenvalue weighted by molar-refractivity contribution is 5.55. The Morgan fingerprint density at radius 1 is 1.21 bits per heavy atom. The van der Waals surface area contributed by atoms with Crippen molar-refractivity contribution in [3.8, 4) is 6.07 Å². The Balaban J connectivity index is 1.52. The Bertz CT molecular complexity index is 1100. The van der Waals surface area contributed by atoms with Gasteiger partial charge in [0.2, 0.25) is 0 Å². The average Bonchev–Trinajstić information content (AvgIpc) is 2.73. The molecule has 0 fully saturated rings. The molecule has 7 heteroatoms. The van der Waals surface area contributed by atoms with Gasteiger partial charge in [-0.2, -0.15) is 5.26 Å². The average molecular weight is 388 g/mol. The van der Waals surface area contributed by atoms with E-state index < -0.39 is 0 Å². The SMILES string of the molecule is Cc1c(C#N)nnc(N2CCc3ncc(NCc4cccc(F)c4)cc3C2)c1C. The van der Waals surface area contributed by atoms with Crippen LogP contribution in [0.1, 0.15) is 33.6 Å². The van der Waals surface area contributed by atoms with E-state index in [0.29, 0.717) is 18.8 Å². The van der Waals surface area contributed by atoms with Crippen molar-refractivity contribution in [3.63, 3.8) is 0 Å². The molecule has 0 saturated heterocycles. The van der Waals surface area contributed by atoms with Gasteiger partial charge in [-0.3, -0.25) is 4.98 Å². The molecule has 1 N–H and O–H groups in total. The summed E-state index contributed by atoms with van der Waals surface area (Å²) in [6, 6.07) is 10.7. The van der Waals surface area contributed by atoms with E-state index in [4.69, 9.17) is 5.26 Å². The predicted octanol–water partition coefficient (Wildman–Crippen LogP) is 3.67. The summed E-state index contributed by atoms with van der Waals surface area (Å²) < 4.78 is 13.4. The first-order chi connectivity index (χ1) is 14.0. The molecule has 146 valence electrons. The minimum Gasteiger partial charge on any atom is -0.380 e. The second-order valence-corrected chi connectivity index (χ2v) is 7.22. The third-order valence-electron chi connectivity index (χ3n) is 5.33. The topological polar surface area (TPSA) is 77.7 Å². The zero-order valence-electron chi connectivity index (χ0n) is 16.4. The lowest BCUT2D eigenvalue weighted by Gasteiger charge is -2.30. The zero-order chi connectivity index (χ0) is 20.4. The van der Waals surface area contributed by atoms with Crippen LogP contribution in [-0.4, -0.2) is 21.7 Å². The standard InChI is InChI=1S/C22H21FN6/c1-14-15(2)22(28-27-21(14)10-24)29-7-6-20-17(13-29)9-19(12-26-20)25-11-16-4-3-5-18(23)8-16/h3-5,8-9,12,25H,6-7,11,13H2,1-2H3. The van der Waals surface area contributed by atoms with Gasteiger partial charge in [-0.15, -0.1) is 10.2 Å². The first-order valence-corrected chi connectivity index (χ1v) is 9.50. The third-order valence-corrected chi connectivity index (χ3v) is 5.33. The maximum absolute atomic E-state index is 13.4. The van der Waals surface area contributed by atoms with Crippen molar-refractivity contribution in [3.05, 3.63) is 76.0 Å². The van der Waals surface area contributed by atoms with Gasteiger partial charge in [0.1, 0.15) is 11.9 Å². The van der Waals surface area contributed by atoms with E-state index in [9.17, 15) is 4.39 Å². The van der Waals surface area contributed by atoms with Crippen LogP contribution in [0.4, 0.5) is 15.9 Å². The van der Waals surface area contributed by atoms with E-state index in [1.807, 2.05) is 26.1 Å². The van der Waals surface area contributed by atoms with Crippen molar-refractivity contribution in [1.82, 2.24) is 15.2 Å². The fourth-order valence-electron chi connectivity index (χ4n) is 3.55. The zero-order valence-corrected chi connectivity index (χ0v) is 16.4. The first-order valence-electron chi connectivity index (χ1n) is 9.50. The van der Waals surface area contributed by atoms with E-state index in [1.54, 1.807) is 6.07 Å². The molecule has 1 aliphatic heterocycles. The molecule has 6 nitrogen and oxygen atoms in total. The third kappa shape index (κ3) is 3.87. The molecule has 0 radical (unpaired) electrons. The number of fused-ring (bicyclic) bond motifs is 1. The molecular formula is C22H21FN6. The number of nitrogens with zero attached hydrogens (tertiary/aromatic N) is 5. The van der Waals surface area contributed by atoms with Crippen LogP contribution in [0.25, 0.3) is 0 Å². The quantitative estimate of drug-likeness (QED) is 0.735. The molecule has 0 atom stereocenters. The fraction of sp³-hybridized carbons (Fsp3) is 0.273. The van der Waals surface area contributed by atoms with Gasteiger partial charge in [0.15, 0.2) is 11.5 Å². The molecule has 1 aromatic carbocycles. The van der Waals surface area contributed by atoms with Gasteiger partial charge in [0.05, 0.1) is 11.9 Å². The number of nitrogens with one attached hydrogen (secondary N) is 1. The number of hydrogen-bond acceptors (Lipinski definition) is 6. The predicted molar refractivity (Wildman–Crippen MR) is 109 cm³/mol. The molecule has 0 saturated carbocycles. The smallest absolute Gasteiger partial charge is 0.166 e. The molecule has 0 unspecified atom stereocenters. The Labute approximate surface area is 169 Å². The van der Waals surface area contributed by atoms with E-state index >= 15 is 0 Å². The lowest BCUT2D eigenvalue weighted by molar-refractivity contribution is 0.626. The van der Waals surface area contributed by atoms with Gasteiger partial charge in [-0.25, -0.2) is 4.39 Å². The monoisotopic (exact) mass is 388 g/mol. The van der Waals surface area contributed by atoms with Crippen molar-refractivity contribution in [2.75, 3.05) is 16.8 Å². The van der Waals surface area contributed by atoms with Crippen LogP contribution in [-0.2, 0) is 19.5 Å². The lowest BCUT2D eigenvalue weighted by atomic mass is 10.0. The number of anilines is 2. The molecule has 1 aliphatic rings. The minimum absolute atomic E-state index is 0.238. The van der Waals surface area contributed by atoms with Crippen LogP contribution in [0.2, 0.25) is 0 Å². The molecule has 3 aromatic rings. The lowest BCUT2D eigenvalue weighted by Crippen LogP contribution is -2.32. The molecule has 4 rings (SSSR count). The summed E-state index contributed by atoms with van der Waals surface area (Å²) >= 11 is 0. The number of nitriles is 1. The highest BCUT2D eigenvalue weighted by atomic mass is 19.1. The summed E-state index contributed by atoms with van der Waals surface area (Å²) in [6.07, 6.45) is 2.64. The molecule has 0 aliphatic carbocycles. The number of pyridine rings is 1. The van der Waals surface area contributed by atoms with Crippen molar-refractivity contribution in [2.24, 2.45) is 0 Å². The maximum Gasteiger partial charge on any atom is 0.166 e. The van der Waals surface area contributed by atoms with Crippen molar-refractivity contribution >= 4 is 11.5 Å². The molecule has 29 heavy (non-hydrogen) atoms. The van der Waals surface area contributed by atoms with Crippen molar-refractivity contribution in [1.29, 1.82) is 5.26 Å². The Morgan fingerprint density at radius 3 is 2.86 bits per heavy atom. The van der Waals surface area contributed by atoms with E-state index in [1.165, 1.54) is 12.1 Å². The van der Waals surface area contributed by atoms with Crippen LogP contribution < -0.4 is 10.2 Å². The molecule has 0 spiro atoms. The van der Waals surface area contributed by atoms with Crippen LogP contribution in [0, 0.1) is 31.0 Å². The van der Waals surface area contributed by atoms with Gasteiger partial charge in [0, 0.05) is 31.7 Å². The summed E-state index contributed by atoms with van der Waals surface area (Å²) in [6.45, 7) is 5.89. The second kappa shape index (κ2) is 7.84. The van der Waals surface area contributed by atoms with Crippen LogP contribution in [0.5, 0.6) is 0 Å². The number of rotatable bonds is 4. The minimum atomic E-state index is -0.238. The van der Waals surface area contributed by atoms with Gasteiger partial charge in [0.25, 0.3) is 0 Å². The van der Waals surface area contributed by atoms with Crippen LogP contribution >= 0.6 is 0 Å². The van der Waals surface area contributed by atoms with Crippen LogP contribution in [0.3, 0.4) is 0 Å². The largest absolute Gasteiger partial charge is 0.380 e. The summed E-state index contributed by atoms with van der Waals surface area (Å²) in [5.74, 6) is 0.572. The second-order valence-electron chi connectivity index (χ2n) is 7.22. The number of benzene rings is 1. The summed E-state index contributed by atoms with van der Waals surface area (Å²) in [7, 11) is 0. The summed E-state index contributed by atoms with van der Waals surface area (Å²) in [5.41, 5.74) is 6.20.